The molecule has 6 nitrogen and oxygen atoms in total. The van der Waals surface area contributed by atoms with Crippen LogP contribution in [-0.4, -0.2) is 21.0 Å². The lowest BCUT2D eigenvalue weighted by Crippen LogP contribution is -2.27. The number of H-pyrrole nitrogens is 1. The summed E-state index contributed by atoms with van der Waals surface area (Å²) in [6.07, 6.45) is 0. The number of para-hydroxylation sites is 2. The number of nitrogens with zero attached hydrogens (tertiary/aromatic N) is 2. The van der Waals surface area contributed by atoms with Crippen LogP contribution in [0.1, 0.15) is 29.3 Å². The van der Waals surface area contributed by atoms with Crippen LogP contribution in [0.3, 0.4) is 0 Å². The minimum atomic E-state index is -0.297. The minimum absolute atomic E-state index is 0.251. The number of aromatic nitrogens is 3. The number of rotatable bonds is 4. The summed E-state index contributed by atoms with van der Waals surface area (Å²) in [5.74, 6) is 0.993. The molecule has 4 rings (SSSR count). The summed E-state index contributed by atoms with van der Waals surface area (Å²) >= 11 is 1.53. The number of imidazole rings is 1. The van der Waals surface area contributed by atoms with E-state index in [1.165, 1.54) is 11.3 Å². The first-order valence-electron chi connectivity index (χ1n) is 7.47. The fourth-order valence-corrected chi connectivity index (χ4v) is 3.11. The van der Waals surface area contributed by atoms with Crippen LogP contribution in [0.15, 0.2) is 52.4 Å². The molecule has 7 heteroatoms. The second-order valence-corrected chi connectivity index (χ2v) is 6.34. The molecule has 3 aromatic heterocycles. The minimum Gasteiger partial charge on any atom is -0.355 e. The smallest absolute Gasteiger partial charge is 0.274 e. The van der Waals surface area contributed by atoms with Gasteiger partial charge in [-0.05, 0) is 30.5 Å². The third kappa shape index (κ3) is 2.69. The fourth-order valence-electron chi connectivity index (χ4n) is 2.43. The van der Waals surface area contributed by atoms with Gasteiger partial charge in [0, 0.05) is 6.07 Å². The zero-order valence-corrected chi connectivity index (χ0v) is 13.6. The van der Waals surface area contributed by atoms with E-state index in [9.17, 15) is 4.79 Å². The number of amides is 1. The van der Waals surface area contributed by atoms with Gasteiger partial charge in [0.1, 0.15) is 5.82 Å². The van der Waals surface area contributed by atoms with Crippen molar-refractivity contribution >= 4 is 28.3 Å². The predicted molar refractivity (Wildman–Crippen MR) is 91.8 cm³/mol. The third-order valence-corrected chi connectivity index (χ3v) is 4.56. The molecule has 2 N–H and O–H groups in total. The Bertz CT molecular complexity index is 954. The van der Waals surface area contributed by atoms with Crippen molar-refractivity contribution in [1.82, 2.24) is 20.4 Å². The first-order chi connectivity index (χ1) is 11.7. The van der Waals surface area contributed by atoms with Gasteiger partial charge in [-0.15, -0.1) is 11.3 Å². The molecule has 0 radical (unpaired) electrons. The summed E-state index contributed by atoms with van der Waals surface area (Å²) in [5.41, 5.74) is 2.06. The van der Waals surface area contributed by atoms with Crippen molar-refractivity contribution in [2.75, 3.05) is 0 Å². The maximum atomic E-state index is 12.4. The molecule has 1 atom stereocenters. The topological polar surface area (TPSA) is 83.8 Å². The lowest BCUT2D eigenvalue weighted by molar-refractivity contribution is 0.0929. The van der Waals surface area contributed by atoms with Gasteiger partial charge in [0.25, 0.3) is 5.91 Å². The van der Waals surface area contributed by atoms with Gasteiger partial charge in [-0.1, -0.05) is 23.4 Å². The SMILES string of the molecule is CC(NC(=O)c1cc(-c2cccs2)on1)c1nc2ccccc2[nH]1. The van der Waals surface area contributed by atoms with E-state index in [1.54, 1.807) is 6.07 Å². The molecule has 0 aliphatic rings. The van der Waals surface area contributed by atoms with Crippen LogP contribution in [0.25, 0.3) is 21.7 Å². The average Bonchev–Trinajstić information content (AvgIpc) is 3.32. The summed E-state index contributed by atoms with van der Waals surface area (Å²) in [6, 6.07) is 13.0. The molecule has 0 fully saturated rings. The number of benzene rings is 1. The zero-order valence-electron chi connectivity index (χ0n) is 12.8. The summed E-state index contributed by atoms with van der Waals surface area (Å²) in [5, 5.41) is 8.68. The highest BCUT2D eigenvalue weighted by Crippen LogP contribution is 2.25. The first kappa shape index (κ1) is 14.6. The summed E-state index contributed by atoms with van der Waals surface area (Å²) < 4.78 is 5.24. The Morgan fingerprint density at radius 1 is 1.29 bits per heavy atom. The number of thiophene rings is 1. The summed E-state index contributed by atoms with van der Waals surface area (Å²) in [6.45, 7) is 1.87. The molecule has 24 heavy (non-hydrogen) atoms. The molecule has 1 amide bonds. The molecule has 0 aliphatic heterocycles. The van der Waals surface area contributed by atoms with Crippen molar-refractivity contribution in [3.63, 3.8) is 0 Å². The number of nitrogens with one attached hydrogen (secondary N) is 2. The highest BCUT2D eigenvalue weighted by atomic mass is 32.1. The summed E-state index contributed by atoms with van der Waals surface area (Å²) in [7, 11) is 0. The Hall–Kier alpha value is -2.93. The maximum Gasteiger partial charge on any atom is 0.274 e. The molecule has 0 saturated heterocycles. The van der Waals surface area contributed by atoms with Crippen LogP contribution in [0.4, 0.5) is 0 Å². The number of hydrogen-bond donors (Lipinski definition) is 2. The third-order valence-electron chi connectivity index (χ3n) is 3.67. The fraction of sp³-hybridized carbons (Fsp3) is 0.118. The Labute approximate surface area is 141 Å². The second kappa shape index (κ2) is 5.93. The molecule has 4 aromatic rings. The van der Waals surface area contributed by atoms with Crippen molar-refractivity contribution < 1.29 is 9.32 Å². The van der Waals surface area contributed by atoms with E-state index in [2.05, 4.69) is 20.4 Å². The van der Waals surface area contributed by atoms with E-state index >= 15 is 0 Å². The van der Waals surface area contributed by atoms with Crippen LogP contribution in [0.2, 0.25) is 0 Å². The van der Waals surface area contributed by atoms with Gasteiger partial charge < -0.3 is 14.8 Å². The highest BCUT2D eigenvalue weighted by Gasteiger charge is 2.18. The highest BCUT2D eigenvalue weighted by molar-refractivity contribution is 7.13. The molecule has 0 aliphatic carbocycles. The molecule has 0 bridgehead atoms. The largest absolute Gasteiger partial charge is 0.355 e. The van der Waals surface area contributed by atoms with E-state index in [1.807, 2.05) is 48.7 Å². The van der Waals surface area contributed by atoms with Crippen molar-refractivity contribution in [3.05, 3.63) is 59.4 Å². The molecular weight excluding hydrogens is 324 g/mol. The van der Waals surface area contributed by atoms with Gasteiger partial charge in [-0.25, -0.2) is 4.98 Å². The van der Waals surface area contributed by atoms with Crippen LogP contribution in [-0.2, 0) is 0 Å². The van der Waals surface area contributed by atoms with Crippen LogP contribution in [0.5, 0.6) is 0 Å². The molecule has 0 saturated carbocycles. The van der Waals surface area contributed by atoms with Gasteiger partial charge in [0.15, 0.2) is 11.5 Å². The Kier molecular flexibility index (Phi) is 3.62. The van der Waals surface area contributed by atoms with E-state index in [0.29, 0.717) is 11.6 Å². The average molecular weight is 338 g/mol. The molecule has 3 heterocycles. The number of carbonyl (C=O) groups is 1. The Balaban J connectivity index is 1.51. The molecule has 0 spiro atoms. The molecule has 120 valence electrons. The number of carbonyl (C=O) groups excluding carboxylic acids is 1. The van der Waals surface area contributed by atoms with Gasteiger partial charge in [-0.2, -0.15) is 0 Å². The first-order valence-corrected chi connectivity index (χ1v) is 8.35. The van der Waals surface area contributed by atoms with Crippen molar-refractivity contribution in [2.24, 2.45) is 0 Å². The Morgan fingerprint density at radius 3 is 2.96 bits per heavy atom. The lowest BCUT2D eigenvalue weighted by Gasteiger charge is -2.09. The van der Waals surface area contributed by atoms with Gasteiger partial charge >= 0.3 is 0 Å². The molecular formula is C17H14N4O2S. The monoisotopic (exact) mass is 338 g/mol. The maximum absolute atomic E-state index is 12.4. The molecule has 1 aromatic carbocycles. The lowest BCUT2D eigenvalue weighted by atomic mass is 10.2. The van der Waals surface area contributed by atoms with E-state index in [4.69, 9.17) is 4.52 Å². The number of hydrogen-bond acceptors (Lipinski definition) is 5. The molecule has 1 unspecified atom stereocenters. The van der Waals surface area contributed by atoms with E-state index in [0.717, 1.165) is 15.9 Å². The van der Waals surface area contributed by atoms with Gasteiger partial charge in [0.05, 0.1) is 22.0 Å². The predicted octanol–water partition coefficient (Wildman–Crippen LogP) is 3.77. The van der Waals surface area contributed by atoms with Gasteiger partial charge in [0.2, 0.25) is 0 Å². The number of aromatic amines is 1. The second-order valence-electron chi connectivity index (χ2n) is 5.39. The van der Waals surface area contributed by atoms with Crippen LogP contribution >= 0.6 is 11.3 Å². The van der Waals surface area contributed by atoms with Gasteiger partial charge in [-0.3, -0.25) is 4.79 Å². The van der Waals surface area contributed by atoms with E-state index < -0.39 is 0 Å². The zero-order chi connectivity index (χ0) is 16.5. The Morgan fingerprint density at radius 2 is 2.17 bits per heavy atom. The van der Waals surface area contributed by atoms with E-state index in [-0.39, 0.29) is 17.6 Å². The van der Waals surface area contributed by atoms with Crippen molar-refractivity contribution in [3.8, 4) is 10.6 Å². The normalized spacial score (nSPS) is 12.4. The van der Waals surface area contributed by atoms with Crippen molar-refractivity contribution in [2.45, 2.75) is 13.0 Å². The van der Waals surface area contributed by atoms with Crippen molar-refractivity contribution in [1.29, 1.82) is 0 Å². The van der Waals surface area contributed by atoms with Crippen LogP contribution in [0, 0.1) is 0 Å². The standard InChI is InChI=1S/C17H14N4O2S/c1-10(16-19-11-5-2-3-6-12(11)20-16)18-17(22)13-9-14(23-21-13)15-7-4-8-24-15/h2-10H,1H3,(H,18,22)(H,19,20). The van der Waals surface area contributed by atoms with Crippen LogP contribution < -0.4 is 5.32 Å². The number of fused-ring (bicyclic) bond motifs is 1. The summed E-state index contributed by atoms with van der Waals surface area (Å²) in [4.78, 5) is 21.0. The quantitative estimate of drug-likeness (QED) is 0.593.